The van der Waals surface area contributed by atoms with Crippen LogP contribution in [0.3, 0.4) is 0 Å². The molecule has 0 saturated heterocycles. The quantitative estimate of drug-likeness (QED) is 0.215. The van der Waals surface area contributed by atoms with Crippen LogP contribution in [-0.2, 0) is 4.79 Å². The van der Waals surface area contributed by atoms with Crippen LogP contribution in [0.1, 0.15) is 84.0 Å². The van der Waals surface area contributed by atoms with Crippen molar-refractivity contribution in [1.29, 1.82) is 0 Å². The molecule has 2 nitrogen and oxygen atoms in total. The summed E-state index contributed by atoms with van der Waals surface area (Å²) in [5, 5.41) is 8.48. The lowest BCUT2D eigenvalue weighted by Gasteiger charge is -1.98. The molecular weight excluding hydrogens is 272 g/mol. The average molecular weight is 306 g/mol. The Balaban J connectivity index is 3.22. The zero-order valence-corrected chi connectivity index (χ0v) is 14.3. The second-order valence-corrected chi connectivity index (χ2v) is 5.75. The van der Waals surface area contributed by atoms with E-state index in [1.807, 2.05) is 18.2 Å². The first-order chi connectivity index (χ1) is 10.8. The van der Waals surface area contributed by atoms with E-state index in [0.29, 0.717) is 6.42 Å². The molecule has 0 fully saturated rings. The molecular formula is C20H34O2. The van der Waals surface area contributed by atoms with E-state index >= 15 is 0 Å². The fourth-order valence-corrected chi connectivity index (χ4v) is 2.17. The smallest absolute Gasteiger partial charge is 0.303 e. The molecule has 0 amide bonds. The SMILES string of the molecule is CCCC/C=C/CCCCCCC/C=C/C=C/CCC(=O)O. The first-order valence-corrected chi connectivity index (χ1v) is 8.95. The molecule has 22 heavy (non-hydrogen) atoms. The van der Waals surface area contributed by atoms with Gasteiger partial charge < -0.3 is 5.11 Å². The van der Waals surface area contributed by atoms with Gasteiger partial charge in [0.2, 0.25) is 0 Å². The number of carboxylic acid groups (broad SMARTS) is 1. The van der Waals surface area contributed by atoms with E-state index in [2.05, 4.69) is 25.2 Å². The molecule has 0 unspecified atom stereocenters. The van der Waals surface area contributed by atoms with E-state index in [4.69, 9.17) is 5.11 Å². The first kappa shape index (κ1) is 20.7. The molecule has 1 N–H and O–H groups in total. The minimum absolute atomic E-state index is 0.220. The molecule has 0 aromatic rings. The number of carbonyl (C=O) groups is 1. The normalized spacial score (nSPS) is 12.0. The zero-order valence-electron chi connectivity index (χ0n) is 14.3. The molecule has 0 saturated carbocycles. The van der Waals surface area contributed by atoms with Gasteiger partial charge in [0, 0.05) is 6.42 Å². The highest BCUT2D eigenvalue weighted by Crippen LogP contribution is 2.08. The summed E-state index contributed by atoms with van der Waals surface area (Å²) in [5.41, 5.74) is 0. The molecule has 0 aromatic heterocycles. The molecule has 0 aliphatic carbocycles. The minimum Gasteiger partial charge on any atom is -0.481 e. The van der Waals surface area contributed by atoms with Crippen molar-refractivity contribution in [2.45, 2.75) is 84.0 Å². The van der Waals surface area contributed by atoms with Crippen LogP contribution in [0.15, 0.2) is 36.5 Å². The van der Waals surface area contributed by atoms with Gasteiger partial charge in [0.1, 0.15) is 0 Å². The van der Waals surface area contributed by atoms with E-state index in [0.717, 1.165) is 6.42 Å². The lowest BCUT2D eigenvalue weighted by molar-refractivity contribution is -0.136. The molecule has 0 spiro atoms. The second-order valence-electron chi connectivity index (χ2n) is 5.75. The molecule has 0 rings (SSSR count). The lowest BCUT2D eigenvalue weighted by atomic mass is 10.1. The third-order valence-corrected chi connectivity index (χ3v) is 3.54. The Bertz CT molecular complexity index is 327. The summed E-state index contributed by atoms with van der Waals surface area (Å²) in [4.78, 5) is 10.3. The van der Waals surface area contributed by atoms with Gasteiger partial charge in [-0.1, -0.05) is 75.5 Å². The largest absolute Gasteiger partial charge is 0.481 e. The van der Waals surface area contributed by atoms with Gasteiger partial charge in [0.05, 0.1) is 0 Å². The molecule has 0 heterocycles. The van der Waals surface area contributed by atoms with Crippen molar-refractivity contribution < 1.29 is 9.90 Å². The number of aliphatic carboxylic acids is 1. The Morgan fingerprint density at radius 2 is 1.23 bits per heavy atom. The molecule has 126 valence electrons. The van der Waals surface area contributed by atoms with Crippen LogP contribution in [0.5, 0.6) is 0 Å². The number of hydrogen-bond donors (Lipinski definition) is 1. The van der Waals surface area contributed by atoms with E-state index < -0.39 is 5.97 Å². The van der Waals surface area contributed by atoms with Crippen molar-refractivity contribution >= 4 is 5.97 Å². The highest BCUT2D eigenvalue weighted by atomic mass is 16.4. The number of carboxylic acids is 1. The molecule has 0 bridgehead atoms. The summed E-state index contributed by atoms with van der Waals surface area (Å²) in [6.45, 7) is 2.23. The topological polar surface area (TPSA) is 37.3 Å². The summed E-state index contributed by atoms with van der Waals surface area (Å²) < 4.78 is 0. The van der Waals surface area contributed by atoms with E-state index in [-0.39, 0.29) is 6.42 Å². The monoisotopic (exact) mass is 306 g/mol. The predicted molar refractivity (Wildman–Crippen MR) is 96.1 cm³/mol. The third-order valence-electron chi connectivity index (χ3n) is 3.54. The van der Waals surface area contributed by atoms with Gasteiger partial charge in [0.15, 0.2) is 0 Å². The van der Waals surface area contributed by atoms with Gasteiger partial charge in [-0.2, -0.15) is 0 Å². The summed E-state index contributed by atoms with van der Waals surface area (Å²) in [6, 6.07) is 0. The van der Waals surface area contributed by atoms with Gasteiger partial charge in [-0.15, -0.1) is 0 Å². The van der Waals surface area contributed by atoms with Gasteiger partial charge in [-0.25, -0.2) is 0 Å². The van der Waals surface area contributed by atoms with Gasteiger partial charge in [-0.3, -0.25) is 4.79 Å². The van der Waals surface area contributed by atoms with Crippen molar-refractivity contribution in [3.8, 4) is 0 Å². The summed E-state index contributed by atoms with van der Waals surface area (Å²) in [6.07, 6.45) is 26.4. The van der Waals surface area contributed by atoms with E-state index in [1.165, 1.54) is 57.8 Å². The van der Waals surface area contributed by atoms with Crippen molar-refractivity contribution in [3.63, 3.8) is 0 Å². The van der Waals surface area contributed by atoms with Crippen molar-refractivity contribution in [2.75, 3.05) is 0 Å². The van der Waals surface area contributed by atoms with Crippen molar-refractivity contribution in [3.05, 3.63) is 36.5 Å². The minimum atomic E-state index is -0.731. The molecule has 0 aliphatic heterocycles. The van der Waals surface area contributed by atoms with Crippen molar-refractivity contribution in [1.82, 2.24) is 0 Å². The van der Waals surface area contributed by atoms with Crippen LogP contribution in [0, 0.1) is 0 Å². The number of unbranched alkanes of at least 4 members (excludes halogenated alkanes) is 8. The maximum absolute atomic E-state index is 10.3. The maximum atomic E-state index is 10.3. The van der Waals surface area contributed by atoms with Crippen LogP contribution >= 0.6 is 0 Å². The maximum Gasteiger partial charge on any atom is 0.303 e. The molecule has 0 atom stereocenters. The second kappa shape index (κ2) is 17.7. The highest BCUT2D eigenvalue weighted by molar-refractivity contribution is 5.66. The van der Waals surface area contributed by atoms with Gasteiger partial charge in [0.25, 0.3) is 0 Å². The Labute approximate surface area is 137 Å². The average Bonchev–Trinajstić information content (AvgIpc) is 2.50. The van der Waals surface area contributed by atoms with Crippen LogP contribution < -0.4 is 0 Å². The third kappa shape index (κ3) is 18.7. The van der Waals surface area contributed by atoms with Crippen LogP contribution in [0.4, 0.5) is 0 Å². The Morgan fingerprint density at radius 3 is 1.82 bits per heavy atom. The van der Waals surface area contributed by atoms with Gasteiger partial charge >= 0.3 is 5.97 Å². The van der Waals surface area contributed by atoms with Crippen LogP contribution in [0.2, 0.25) is 0 Å². The number of hydrogen-bond acceptors (Lipinski definition) is 1. The van der Waals surface area contributed by atoms with Crippen molar-refractivity contribution in [2.24, 2.45) is 0 Å². The lowest BCUT2D eigenvalue weighted by Crippen LogP contribution is -1.91. The summed E-state index contributed by atoms with van der Waals surface area (Å²) in [7, 11) is 0. The Morgan fingerprint density at radius 1 is 0.727 bits per heavy atom. The van der Waals surface area contributed by atoms with E-state index in [9.17, 15) is 4.79 Å². The Kier molecular flexibility index (Phi) is 16.7. The number of rotatable bonds is 15. The standard InChI is InChI=1S/C20H34O2/c1-2-3-4-5-6-7-8-9-10-11-12-13-14-15-16-17-18-19-20(21)22/h5-6,14-17H,2-4,7-13,18-19H2,1H3,(H,21,22)/b6-5+,15-14+,17-16+. The Hall–Kier alpha value is -1.31. The molecule has 2 heteroatoms. The number of allylic oxidation sites excluding steroid dienone is 6. The van der Waals surface area contributed by atoms with Crippen LogP contribution in [-0.4, -0.2) is 11.1 Å². The van der Waals surface area contributed by atoms with E-state index in [1.54, 1.807) is 0 Å². The fourth-order valence-electron chi connectivity index (χ4n) is 2.17. The summed E-state index contributed by atoms with van der Waals surface area (Å²) in [5.74, 6) is -0.731. The molecule has 0 radical (unpaired) electrons. The molecule has 0 aromatic carbocycles. The fraction of sp³-hybridized carbons (Fsp3) is 0.650. The summed E-state index contributed by atoms with van der Waals surface area (Å²) >= 11 is 0. The highest BCUT2D eigenvalue weighted by Gasteiger charge is 1.91. The predicted octanol–water partition coefficient (Wildman–Crippen LogP) is 6.44. The molecule has 0 aliphatic rings. The first-order valence-electron chi connectivity index (χ1n) is 8.95. The van der Waals surface area contributed by atoms with Gasteiger partial charge in [-0.05, 0) is 38.5 Å². The zero-order chi connectivity index (χ0) is 16.3. The van der Waals surface area contributed by atoms with Crippen LogP contribution in [0.25, 0.3) is 0 Å².